The maximum atomic E-state index is 11.3. The zero-order chi connectivity index (χ0) is 21.0. The molecule has 2 aromatic carbocycles. The lowest BCUT2D eigenvalue weighted by Gasteiger charge is -2.19. The first-order chi connectivity index (χ1) is 13.8. The van der Waals surface area contributed by atoms with Crippen LogP contribution in [-0.2, 0) is 10.2 Å². The van der Waals surface area contributed by atoms with Crippen LogP contribution in [-0.4, -0.2) is 33.0 Å². The number of nitrogens with zero attached hydrogens (tertiary/aromatic N) is 3. The minimum atomic E-state index is -0.396. The second kappa shape index (κ2) is 8.69. The van der Waals surface area contributed by atoms with Crippen molar-refractivity contribution in [1.29, 1.82) is 0 Å². The van der Waals surface area contributed by atoms with Gasteiger partial charge in [0, 0.05) is 11.3 Å². The molecule has 3 aromatic rings. The topological polar surface area (TPSA) is 83.0 Å². The first-order valence-electron chi connectivity index (χ1n) is 9.50. The highest BCUT2D eigenvalue weighted by Crippen LogP contribution is 2.30. The highest BCUT2D eigenvalue weighted by atomic mass is 32.2. The van der Waals surface area contributed by atoms with Gasteiger partial charge in [-0.1, -0.05) is 56.8 Å². The first-order valence-corrected chi connectivity index (χ1v) is 10.5. The number of amides is 1. The van der Waals surface area contributed by atoms with Gasteiger partial charge in [0.25, 0.3) is 0 Å². The molecule has 0 radical (unpaired) electrons. The molecule has 0 atom stereocenters. The highest BCUT2D eigenvalue weighted by Gasteiger charge is 2.18. The molecule has 7 heteroatoms. The van der Waals surface area contributed by atoms with Crippen molar-refractivity contribution in [2.24, 2.45) is 5.73 Å². The lowest BCUT2D eigenvalue weighted by molar-refractivity contribution is -0.115. The van der Waals surface area contributed by atoms with Crippen LogP contribution in [0, 0.1) is 0 Å². The monoisotopic (exact) mass is 410 g/mol. The predicted molar refractivity (Wildman–Crippen MR) is 117 cm³/mol. The lowest BCUT2D eigenvalue weighted by Crippen LogP contribution is -2.13. The van der Waals surface area contributed by atoms with Crippen molar-refractivity contribution in [3.8, 4) is 22.8 Å². The second-order valence-electron chi connectivity index (χ2n) is 7.65. The highest BCUT2D eigenvalue weighted by molar-refractivity contribution is 7.99. The Labute approximate surface area is 175 Å². The van der Waals surface area contributed by atoms with Crippen molar-refractivity contribution in [3.05, 3.63) is 54.1 Å². The number of ether oxygens (including phenoxy) is 1. The van der Waals surface area contributed by atoms with Crippen LogP contribution < -0.4 is 10.5 Å². The van der Waals surface area contributed by atoms with Gasteiger partial charge in [0.2, 0.25) is 5.91 Å². The third-order valence-corrected chi connectivity index (χ3v) is 5.34. The molecule has 0 fully saturated rings. The largest absolute Gasteiger partial charge is 0.494 e. The van der Waals surface area contributed by atoms with E-state index in [1.54, 1.807) is 0 Å². The average molecular weight is 411 g/mol. The smallest absolute Gasteiger partial charge is 0.227 e. The van der Waals surface area contributed by atoms with Crippen molar-refractivity contribution >= 4 is 17.7 Å². The Kier molecular flexibility index (Phi) is 6.27. The molecule has 0 aliphatic carbocycles. The number of benzene rings is 2. The van der Waals surface area contributed by atoms with Crippen LogP contribution in [0.2, 0.25) is 0 Å². The van der Waals surface area contributed by atoms with Crippen molar-refractivity contribution in [2.45, 2.75) is 38.3 Å². The Morgan fingerprint density at radius 1 is 1.07 bits per heavy atom. The summed E-state index contributed by atoms with van der Waals surface area (Å²) in [6.07, 6.45) is 0. The van der Waals surface area contributed by atoms with Gasteiger partial charge in [-0.15, -0.1) is 10.2 Å². The summed E-state index contributed by atoms with van der Waals surface area (Å²) in [5.74, 6) is 1.25. The molecule has 0 aliphatic heterocycles. The third-order valence-electron chi connectivity index (χ3n) is 4.39. The van der Waals surface area contributed by atoms with Crippen LogP contribution in [0.1, 0.15) is 33.3 Å². The quantitative estimate of drug-likeness (QED) is 0.590. The van der Waals surface area contributed by atoms with Gasteiger partial charge in [-0.3, -0.25) is 9.36 Å². The summed E-state index contributed by atoms with van der Waals surface area (Å²) in [4.78, 5) is 11.3. The fraction of sp³-hybridized carbons (Fsp3) is 0.318. The van der Waals surface area contributed by atoms with E-state index < -0.39 is 5.91 Å². The molecule has 2 N–H and O–H groups in total. The SMILES string of the molecule is CCOc1ccc(-n2c(SCC(N)=O)nnc2-c2ccc(C(C)(C)C)cc2)cc1. The number of rotatable bonds is 7. The molecule has 29 heavy (non-hydrogen) atoms. The van der Waals surface area contributed by atoms with Gasteiger partial charge in [0.15, 0.2) is 11.0 Å². The van der Waals surface area contributed by atoms with Crippen molar-refractivity contribution in [2.75, 3.05) is 12.4 Å². The summed E-state index contributed by atoms with van der Waals surface area (Å²) in [7, 11) is 0. The number of carbonyl (C=O) groups is 1. The van der Waals surface area contributed by atoms with E-state index in [4.69, 9.17) is 10.5 Å². The van der Waals surface area contributed by atoms with Gasteiger partial charge in [0.05, 0.1) is 12.4 Å². The molecular weight excluding hydrogens is 384 g/mol. The molecule has 0 spiro atoms. The molecule has 3 rings (SSSR count). The molecule has 1 heterocycles. The predicted octanol–water partition coefficient (Wildman–Crippen LogP) is 4.21. The second-order valence-corrected chi connectivity index (χ2v) is 8.59. The van der Waals surface area contributed by atoms with Gasteiger partial charge in [0.1, 0.15) is 5.75 Å². The van der Waals surface area contributed by atoms with E-state index in [1.165, 1.54) is 17.3 Å². The fourth-order valence-electron chi connectivity index (χ4n) is 2.90. The Bertz CT molecular complexity index is 974. The summed E-state index contributed by atoms with van der Waals surface area (Å²) in [6, 6.07) is 16.1. The van der Waals surface area contributed by atoms with E-state index in [0.29, 0.717) is 17.6 Å². The Hall–Kier alpha value is -2.80. The van der Waals surface area contributed by atoms with E-state index in [0.717, 1.165) is 17.0 Å². The molecule has 0 saturated heterocycles. The van der Waals surface area contributed by atoms with Crippen molar-refractivity contribution in [1.82, 2.24) is 14.8 Å². The van der Waals surface area contributed by atoms with Crippen LogP contribution in [0.4, 0.5) is 0 Å². The number of carbonyl (C=O) groups excluding carboxylic acids is 1. The number of thioether (sulfide) groups is 1. The standard InChI is InChI=1S/C22H26N4O2S/c1-5-28-18-12-10-17(11-13-18)26-20(24-25-21(26)29-14-19(23)27)15-6-8-16(9-7-15)22(2,3)4/h6-13H,5,14H2,1-4H3,(H2,23,27). The molecule has 0 saturated carbocycles. The van der Waals surface area contributed by atoms with Crippen LogP contribution in [0.25, 0.3) is 17.1 Å². The Morgan fingerprint density at radius 2 is 1.72 bits per heavy atom. The van der Waals surface area contributed by atoms with E-state index in [2.05, 4.69) is 55.2 Å². The van der Waals surface area contributed by atoms with Gasteiger partial charge in [-0.05, 0) is 42.2 Å². The molecule has 0 unspecified atom stereocenters. The van der Waals surface area contributed by atoms with Gasteiger partial charge in [-0.25, -0.2) is 0 Å². The summed E-state index contributed by atoms with van der Waals surface area (Å²) >= 11 is 1.27. The van der Waals surface area contributed by atoms with Crippen molar-refractivity contribution < 1.29 is 9.53 Å². The Morgan fingerprint density at radius 3 is 2.28 bits per heavy atom. The molecule has 1 amide bonds. The van der Waals surface area contributed by atoms with E-state index in [1.807, 2.05) is 35.8 Å². The zero-order valence-corrected chi connectivity index (χ0v) is 18.0. The van der Waals surface area contributed by atoms with Crippen LogP contribution in [0.3, 0.4) is 0 Å². The van der Waals surface area contributed by atoms with E-state index in [9.17, 15) is 4.79 Å². The maximum Gasteiger partial charge on any atom is 0.227 e. The van der Waals surface area contributed by atoms with E-state index >= 15 is 0 Å². The molecular formula is C22H26N4O2S. The molecule has 1 aromatic heterocycles. The number of primary amides is 1. The van der Waals surface area contributed by atoms with Crippen molar-refractivity contribution in [3.63, 3.8) is 0 Å². The summed E-state index contributed by atoms with van der Waals surface area (Å²) in [6.45, 7) is 9.11. The minimum absolute atomic E-state index is 0.0732. The van der Waals surface area contributed by atoms with Crippen LogP contribution >= 0.6 is 11.8 Å². The fourth-order valence-corrected chi connectivity index (χ4v) is 3.59. The van der Waals surface area contributed by atoms with Gasteiger partial charge < -0.3 is 10.5 Å². The zero-order valence-electron chi connectivity index (χ0n) is 17.2. The number of hydrogen-bond acceptors (Lipinski definition) is 5. The molecule has 152 valence electrons. The molecule has 0 bridgehead atoms. The summed E-state index contributed by atoms with van der Waals surface area (Å²) < 4.78 is 7.48. The number of nitrogens with two attached hydrogens (primary N) is 1. The lowest BCUT2D eigenvalue weighted by atomic mass is 9.87. The normalized spacial score (nSPS) is 11.4. The molecule has 6 nitrogen and oxygen atoms in total. The maximum absolute atomic E-state index is 11.3. The molecule has 0 aliphatic rings. The average Bonchev–Trinajstić information content (AvgIpc) is 3.10. The minimum Gasteiger partial charge on any atom is -0.494 e. The van der Waals surface area contributed by atoms with Crippen LogP contribution in [0.5, 0.6) is 5.75 Å². The third kappa shape index (κ3) is 4.98. The van der Waals surface area contributed by atoms with E-state index in [-0.39, 0.29) is 11.2 Å². The van der Waals surface area contributed by atoms with Crippen LogP contribution in [0.15, 0.2) is 53.7 Å². The van der Waals surface area contributed by atoms with Gasteiger partial charge >= 0.3 is 0 Å². The van der Waals surface area contributed by atoms with Gasteiger partial charge in [-0.2, -0.15) is 0 Å². The number of hydrogen-bond donors (Lipinski definition) is 1. The Balaban J connectivity index is 2.04. The summed E-state index contributed by atoms with van der Waals surface area (Å²) in [5.41, 5.74) is 8.48. The summed E-state index contributed by atoms with van der Waals surface area (Å²) in [5, 5.41) is 9.32. The first kappa shape index (κ1) is 20.9. The number of aromatic nitrogens is 3.